The van der Waals surface area contributed by atoms with Gasteiger partial charge in [0, 0.05) is 18.3 Å². The Morgan fingerprint density at radius 1 is 1.48 bits per heavy atom. The molecule has 4 N–H and O–H groups in total. The molecule has 0 saturated carbocycles. The van der Waals surface area contributed by atoms with Crippen molar-refractivity contribution in [3.8, 4) is 0 Å². The predicted molar refractivity (Wildman–Crippen MR) is 83.6 cm³/mol. The molecule has 112 valence electrons. The number of fused-ring (bicyclic) bond motifs is 1. The average Bonchev–Trinajstić information content (AvgIpc) is 3.04. The first kappa shape index (κ1) is 15.9. The van der Waals surface area contributed by atoms with Crippen molar-refractivity contribution in [2.24, 2.45) is 5.73 Å². The molecule has 2 aromatic rings. The number of aliphatic hydroxyl groups is 1. The second kappa shape index (κ2) is 6.53. The first-order valence-corrected chi connectivity index (χ1v) is 7.28. The van der Waals surface area contributed by atoms with E-state index in [0.29, 0.717) is 18.7 Å². The summed E-state index contributed by atoms with van der Waals surface area (Å²) in [4.78, 5) is 16.3. The highest BCUT2D eigenvalue weighted by molar-refractivity contribution is 7.09. The molecule has 0 unspecified atom stereocenters. The van der Waals surface area contributed by atoms with Crippen LogP contribution in [0.5, 0.6) is 0 Å². The monoisotopic (exact) mass is 325 g/mol. The Hall–Kier alpha value is -1.47. The van der Waals surface area contributed by atoms with E-state index in [1.807, 2.05) is 24.3 Å². The highest BCUT2D eigenvalue weighted by Gasteiger charge is 2.32. The van der Waals surface area contributed by atoms with E-state index in [1.54, 1.807) is 5.38 Å². The lowest BCUT2D eigenvalue weighted by molar-refractivity contribution is 0.0854. The van der Waals surface area contributed by atoms with E-state index in [9.17, 15) is 9.90 Å². The number of amides is 1. The van der Waals surface area contributed by atoms with Gasteiger partial charge in [-0.2, -0.15) is 0 Å². The zero-order chi connectivity index (χ0) is 14.1. The maximum absolute atomic E-state index is 12.2. The van der Waals surface area contributed by atoms with Crippen LogP contribution in [0.2, 0.25) is 0 Å². The third kappa shape index (κ3) is 3.08. The fraction of sp³-hybridized carbons (Fsp3) is 0.286. The molecule has 1 aromatic carbocycles. The van der Waals surface area contributed by atoms with Gasteiger partial charge in [0.05, 0.1) is 12.1 Å². The Labute approximate surface area is 132 Å². The minimum Gasteiger partial charge on any atom is -0.390 e. The lowest BCUT2D eigenvalue weighted by Crippen LogP contribution is -2.34. The summed E-state index contributed by atoms with van der Waals surface area (Å²) in [6.45, 7) is 0.326. The number of aliphatic hydroxyl groups excluding tert-OH is 1. The fourth-order valence-electron chi connectivity index (χ4n) is 2.47. The van der Waals surface area contributed by atoms with E-state index in [2.05, 4.69) is 10.3 Å². The molecule has 0 spiro atoms. The van der Waals surface area contributed by atoms with E-state index in [0.717, 1.165) is 16.1 Å². The molecule has 1 aliphatic carbocycles. The van der Waals surface area contributed by atoms with Crippen LogP contribution in [0, 0.1) is 0 Å². The number of thiazole rings is 1. The number of carbonyl (C=O) groups excluding carboxylic acids is 1. The number of nitrogens with two attached hydrogens (primary N) is 1. The van der Waals surface area contributed by atoms with E-state index >= 15 is 0 Å². The number of benzene rings is 1. The first-order chi connectivity index (χ1) is 9.69. The minimum absolute atomic E-state index is 0. The van der Waals surface area contributed by atoms with Gasteiger partial charge >= 0.3 is 0 Å². The number of rotatable bonds is 3. The topological polar surface area (TPSA) is 88.2 Å². The highest BCUT2D eigenvalue weighted by Crippen LogP contribution is 2.31. The number of aromatic nitrogens is 1. The van der Waals surface area contributed by atoms with Crippen molar-refractivity contribution >= 4 is 29.7 Å². The van der Waals surface area contributed by atoms with Crippen LogP contribution in [0.15, 0.2) is 29.6 Å². The number of nitrogens with one attached hydrogen (secondary N) is 1. The van der Waals surface area contributed by atoms with Crippen LogP contribution in [0.3, 0.4) is 0 Å². The van der Waals surface area contributed by atoms with Crippen LogP contribution in [0.1, 0.15) is 32.7 Å². The van der Waals surface area contributed by atoms with Crippen LogP contribution in [0.25, 0.3) is 0 Å². The van der Waals surface area contributed by atoms with Crippen molar-refractivity contribution in [1.82, 2.24) is 10.3 Å². The minimum atomic E-state index is -0.594. The number of nitrogens with zero attached hydrogens (tertiary/aromatic N) is 1. The molecule has 0 saturated heterocycles. The molecular weight excluding hydrogens is 310 g/mol. The third-order valence-electron chi connectivity index (χ3n) is 3.45. The molecule has 21 heavy (non-hydrogen) atoms. The Balaban J connectivity index is 0.00000161. The van der Waals surface area contributed by atoms with Crippen molar-refractivity contribution in [3.05, 3.63) is 51.5 Å². The Kier molecular flexibility index (Phi) is 4.95. The van der Waals surface area contributed by atoms with Crippen LogP contribution in [0.4, 0.5) is 0 Å². The Bertz CT molecular complexity index is 647. The number of halogens is 1. The molecule has 5 nitrogen and oxygen atoms in total. The fourth-order valence-corrected chi connectivity index (χ4v) is 3.13. The van der Waals surface area contributed by atoms with Crippen molar-refractivity contribution in [2.75, 3.05) is 0 Å². The summed E-state index contributed by atoms with van der Waals surface area (Å²) in [5.74, 6) is -0.276. The van der Waals surface area contributed by atoms with Gasteiger partial charge in [-0.05, 0) is 11.1 Å². The predicted octanol–water partition coefficient (Wildman–Crippen LogP) is 1.41. The van der Waals surface area contributed by atoms with Crippen molar-refractivity contribution in [1.29, 1.82) is 0 Å². The number of carbonyl (C=O) groups is 1. The van der Waals surface area contributed by atoms with Crippen molar-refractivity contribution in [3.63, 3.8) is 0 Å². The quantitative estimate of drug-likeness (QED) is 0.796. The normalized spacial score (nSPS) is 19.7. The largest absolute Gasteiger partial charge is 0.390 e. The molecular formula is C14H16ClN3O2S. The van der Waals surface area contributed by atoms with Gasteiger partial charge in [0.15, 0.2) is 0 Å². The van der Waals surface area contributed by atoms with Gasteiger partial charge in [0.1, 0.15) is 10.7 Å². The molecule has 0 radical (unpaired) electrons. The smallest absolute Gasteiger partial charge is 0.271 e. The molecule has 2 atom stereocenters. The molecule has 7 heteroatoms. The second-order valence-corrected chi connectivity index (χ2v) is 5.69. The van der Waals surface area contributed by atoms with Gasteiger partial charge < -0.3 is 16.2 Å². The van der Waals surface area contributed by atoms with E-state index in [4.69, 9.17) is 5.73 Å². The standard InChI is InChI=1S/C14H15N3O2S.ClH/c15-6-12-16-10(7-20-12)14(19)17-13-9-4-2-1-3-8(9)5-11(13)18;/h1-4,7,11,13,18H,5-6,15H2,(H,17,19);1H/t11-,13+;/m1./s1. The van der Waals surface area contributed by atoms with Crippen LogP contribution in [-0.4, -0.2) is 22.1 Å². The van der Waals surface area contributed by atoms with Crippen LogP contribution >= 0.6 is 23.7 Å². The van der Waals surface area contributed by atoms with Crippen molar-refractivity contribution < 1.29 is 9.90 Å². The van der Waals surface area contributed by atoms with E-state index in [1.165, 1.54) is 11.3 Å². The number of hydrogen-bond acceptors (Lipinski definition) is 5. The maximum atomic E-state index is 12.2. The average molecular weight is 326 g/mol. The van der Waals surface area contributed by atoms with Gasteiger partial charge in [-0.15, -0.1) is 23.7 Å². The molecule has 1 amide bonds. The lowest BCUT2D eigenvalue weighted by atomic mass is 10.1. The maximum Gasteiger partial charge on any atom is 0.271 e. The van der Waals surface area contributed by atoms with Gasteiger partial charge in [-0.3, -0.25) is 4.79 Å². The third-order valence-corrected chi connectivity index (χ3v) is 4.32. The molecule has 3 rings (SSSR count). The first-order valence-electron chi connectivity index (χ1n) is 6.40. The van der Waals surface area contributed by atoms with E-state index < -0.39 is 6.10 Å². The summed E-state index contributed by atoms with van der Waals surface area (Å²) < 4.78 is 0. The Morgan fingerprint density at radius 3 is 2.95 bits per heavy atom. The van der Waals surface area contributed by atoms with Crippen molar-refractivity contribution in [2.45, 2.75) is 25.1 Å². The zero-order valence-electron chi connectivity index (χ0n) is 11.2. The van der Waals surface area contributed by atoms with Crippen LogP contribution in [-0.2, 0) is 13.0 Å². The summed E-state index contributed by atoms with van der Waals surface area (Å²) in [6.07, 6.45) is -0.0318. The molecule has 0 bridgehead atoms. The SMILES string of the molecule is Cl.NCc1nc(C(=O)N[C@H]2c3ccccc3C[C@H]2O)cs1. The summed E-state index contributed by atoms with van der Waals surface area (Å²) in [6, 6.07) is 7.37. The Morgan fingerprint density at radius 2 is 2.24 bits per heavy atom. The molecule has 0 fully saturated rings. The van der Waals surface area contributed by atoms with E-state index in [-0.39, 0.29) is 24.4 Å². The molecule has 1 aromatic heterocycles. The zero-order valence-corrected chi connectivity index (χ0v) is 12.8. The highest BCUT2D eigenvalue weighted by atomic mass is 35.5. The molecule has 0 aliphatic heterocycles. The summed E-state index contributed by atoms with van der Waals surface area (Å²) in [5.41, 5.74) is 7.89. The lowest BCUT2D eigenvalue weighted by Gasteiger charge is -2.17. The second-order valence-electron chi connectivity index (χ2n) is 4.75. The van der Waals surface area contributed by atoms with Gasteiger partial charge in [0.2, 0.25) is 0 Å². The molecule has 1 aliphatic rings. The van der Waals surface area contributed by atoms with Crippen LogP contribution < -0.4 is 11.1 Å². The summed E-state index contributed by atoms with van der Waals surface area (Å²) in [7, 11) is 0. The summed E-state index contributed by atoms with van der Waals surface area (Å²) in [5, 5.41) is 15.4. The van der Waals surface area contributed by atoms with Gasteiger partial charge in [-0.1, -0.05) is 24.3 Å². The molecule has 1 heterocycles. The van der Waals surface area contributed by atoms with Gasteiger partial charge in [0.25, 0.3) is 5.91 Å². The summed E-state index contributed by atoms with van der Waals surface area (Å²) >= 11 is 1.36. The van der Waals surface area contributed by atoms with Gasteiger partial charge in [-0.25, -0.2) is 4.98 Å². The number of hydrogen-bond donors (Lipinski definition) is 3.